The van der Waals surface area contributed by atoms with E-state index in [2.05, 4.69) is 11.9 Å². The number of phenols is 1. The van der Waals surface area contributed by atoms with Crippen LogP contribution in [-0.2, 0) is 37.5 Å². The maximum absolute atomic E-state index is 11.6. The van der Waals surface area contributed by atoms with Crippen molar-refractivity contribution in [2.24, 2.45) is 0 Å². The van der Waals surface area contributed by atoms with Crippen molar-refractivity contribution in [1.29, 1.82) is 0 Å². The van der Waals surface area contributed by atoms with Crippen molar-refractivity contribution in [2.45, 2.75) is 6.92 Å². The molecule has 0 aliphatic carbocycles. The zero-order valence-electron chi connectivity index (χ0n) is 10.1. The summed E-state index contributed by atoms with van der Waals surface area (Å²) in [4.78, 5) is 11.6. The van der Waals surface area contributed by atoms with Gasteiger partial charge in [-0.1, -0.05) is 30.8 Å². The second-order valence-corrected chi connectivity index (χ2v) is 3.95. The molecule has 0 saturated heterocycles. The van der Waals surface area contributed by atoms with Gasteiger partial charge in [-0.3, -0.25) is 4.79 Å². The first-order valence-corrected chi connectivity index (χ1v) is 5.26. The molecule has 2 rings (SSSR count). The first-order valence-electron chi connectivity index (χ1n) is 5.26. The number of amides is 1. The minimum atomic E-state index is -0.249. The van der Waals surface area contributed by atoms with E-state index in [4.69, 9.17) is 0 Å². The van der Waals surface area contributed by atoms with Gasteiger partial charge in [0, 0.05) is 49.7 Å². The summed E-state index contributed by atoms with van der Waals surface area (Å²) < 4.78 is 0. The molecule has 0 aliphatic rings. The molecule has 1 amide bonds. The van der Waals surface area contributed by atoms with Crippen molar-refractivity contribution in [1.82, 2.24) is 0 Å². The van der Waals surface area contributed by atoms with Crippen molar-refractivity contribution in [3.8, 4) is 5.75 Å². The Morgan fingerprint density at radius 2 is 1.94 bits per heavy atom. The Kier molecular flexibility index (Phi) is 5.06. The summed E-state index contributed by atoms with van der Waals surface area (Å²) >= 11 is 0. The fourth-order valence-electron chi connectivity index (χ4n) is 1.63. The predicted molar refractivity (Wildman–Crippen MR) is 69.1 cm³/mol. The number of benzene rings is 2. The van der Waals surface area contributed by atoms with Gasteiger partial charge in [-0.2, -0.15) is 0 Å². The summed E-state index contributed by atoms with van der Waals surface area (Å²) in [5.41, 5.74) is 1.02. The summed E-state index contributed by atoms with van der Waals surface area (Å²) in [5.74, 6) is -0.124. The maximum atomic E-state index is 11.6. The van der Waals surface area contributed by atoms with E-state index in [0.29, 0.717) is 11.3 Å². The monoisotopic (exact) mass is 316 g/mol. The Balaban J connectivity index is 0.00000162. The molecule has 2 N–H and O–H groups in total. The van der Waals surface area contributed by atoms with Crippen LogP contribution in [0.3, 0.4) is 0 Å². The van der Waals surface area contributed by atoms with Gasteiger partial charge < -0.3 is 10.4 Å². The second kappa shape index (κ2) is 6.12. The molecule has 18 heavy (non-hydrogen) atoms. The summed E-state index contributed by atoms with van der Waals surface area (Å²) in [7, 11) is 0. The minimum absolute atomic E-state index is 0. The van der Waals surface area contributed by atoms with E-state index in [-0.39, 0.29) is 44.4 Å². The molecular weight excluding hydrogens is 303 g/mol. The molecule has 0 saturated carbocycles. The standard InChI is InChI=1S/C14H13NO2.Y/c1-9(2)14(17)15-13-8-11(16)7-10-5-3-4-6-12(10)13;/h3-8,16H,1H2,2H3,(H,15,17);. The van der Waals surface area contributed by atoms with E-state index >= 15 is 0 Å². The average Bonchev–Trinajstić information content (AvgIpc) is 2.28. The molecule has 0 unspecified atom stereocenters. The molecule has 0 atom stereocenters. The molecule has 3 nitrogen and oxygen atoms in total. The zero-order valence-corrected chi connectivity index (χ0v) is 12.9. The number of aromatic hydroxyl groups is 1. The van der Waals surface area contributed by atoms with Crippen LogP contribution in [0.1, 0.15) is 6.92 Å². The molecular formula is C14H13NO2Y. The Morgan fingerprint density at radius 3 is 2.61 bits per heavy atom. The number of hydrogen-bond donors (Lipinski definition) is 2. The third-order valence-electron chi connectivity index (χ3n) is 2.48. The maximum Gasteiger partial charge on any atom is 0.250 e. The largest absolute Gasteiger partial charge is 0.508 e. The van der Waals surface area contributed by atoms with Crippen LogP contribution < -0.4 is 5.32 Å². The number of fused-ring (bicyclic) bond motifs is 1. The summed E-state index contributed by atoms with van der Waals surface area (Å²) in [5, 5.41) is 14.1. The van der Waals surface area contributed by atoms with Gasteiger partial charge in [0.15, 0.2) is 0 Å². The van der Waals surface area contributed by atoms with Crippen LogP contribution in [0.15, 0.2) is 48.6 Å². The van der Waals surface area contributed by atoms with Crippen LogP contribution in [0.4, 0.5) is 5.69 Å². The molecule has 1 radical (unpaired) electrons. The van der Waals surface area contributed by atoms with Crippen LogP contribution in [0.25, 0.3) is 10.8 Å². The minimum Gasteiger partial charge on any atom is -0.508 e. The summed E-state index contributed by atoms with van der Waals surface area (Å²) in [6.07, 6.45) is 0. The molecule has 2 aromatic rings. The van der Waals surface area contributed by atoms with E-state index in [1.54, 1.807) is 13.0 Å². The molecule has 0 bridgehead atoms. The van der Waals surface area contributed by atoms with Gasteiger partial charge in [-0.15, -0.1) is 0 Å². The van der Waals surface area contributed by atoms with Crippen LogP contribution >= 0.6 is 0 Å². The van der Waals surface area contributed by atoms with Crippen molar-refractivity contribution < 1.29 is 42.6 Å². The molecule has 4 heteroatoms. The van der Waals surface area contributed by atoms with Gasteiger partial charge in [0.05, 0.1) is 5.69 Å². The van der Waals surface area contributed by atoms with E-state index in [1.807, 2.05) is 24.3 Å². The number of carbonyl (C=O) groups is 1. The van der Waals surface area contributed by atoms with Crippen LogP contribution in [0.5, 0.6) is 5.75 Å². The van der Waals surface area contributed by atoms with Gasteiger partial charge >= 0.3 is 0 Å². The Morgan fingerprint density at radius 1 is 1.28 bits per heavy atom. The SMILES string of the molecule is C=C(C)C(=O)Nc1cc(O)cc2ccccc12.[Y]. The van der Waals surface area contributed by atoms with Crippen LogP contribution in [0, 0.1) is 0 Å². The summed E-state index contributed by atoms with van der Waals surface area (Å²) in [6.45, 7) is 5.22. The second-order valence-electron chi connectivity index (χ2n) is 3.95. The third-order valence-corrected chi connectivity index (χ3v) is 2.48. The van der Waals surface area contributed by atoms with Gasteiger partial charge in [0.2, 0.25) is 0 Å². The van der Waals surface area contributed by atoms with Crippen LogP contribution in [-0.4, -0.2) is 11.0 Å². The normalized spacial score (nSPS) is 9.61. The van der Waals surface area contributed by atoms with Gasteiger partial charge in [-0.25, -0.2) is 0 Å². The quantitative estimate of drug-likeness (QED) is 0.837. The Labute approximate surface area is 131 Å². The molecule has 89 valence electrons. The number of nitrogens with one attached hydrogen (secondary N) is 1. The van der Waals surface area contributed by atoms with E-state index in [0.717, 1.165) is 10.8 Å². The number of phenolic OH excluding ortho intramolecular Hbond substituents is 1. The van der Waals surface area contributed by atoms with Gasteiger partial charge in [0.1, 0.15) is 5.75 Å². The Hall–Kier alpha value is -1.19. The average molecular weight is 316 g/mol. The molecule has 0 heterocycles. The number of anilines is 1. The van der Waals surface area contributed by atoms with Crippen molar-refractivity contribution in [3.05, 3.63) is 48.6 Å². The molecule has 0 fully saturated rings. The fraction of sp³-hybridized carbons (Fsp3) is 0.0714. The molecule has 2 aromatic carbocycles. The zero-order chi connectivity index (χ0) is 12.4. The number of rotatable bonds is 2. The smallest absolute Gasteiger partial charge is 0.250 e. The topological polar surface area (TPSA) is 49.3 Å². The van der Waals surface area contributed by atoms with Crippen molar-refractivity contribution >= 4 is 22.4 Å². The van der Waals surface area contributed by atoms with Gasteiger partial charge in [-0.05, 0) is 18.4 Å². The molecule has 0 spiro atoms. The van der Waals surface area contributed by atoms with Gasteiger partial charge in [0.25, 0.3) is 5.91 Å². The number of carbonyl (C=O) groups excluding carboxylic acids is 1. The fourth-order valence-corrected chi connectivity index (χ4v) is 1.63. The van der Waals surface area contributed by atoms with E-state index in [1.165, 1.54) is 6.07 Å². The van der Waals surface area contributed by atoms with Crippen molar-refractivity contribution in [3.63, 3.8) is 0 Å². The number of hydrogen-bond acceptors (Lipinski definition) is 2. The third kappa shape index (κ3) is 3.18. The predicted octanol–water partition coefficient (Wildman–Crippen LogP) is 3.06. The molecule has 0 aromatic heterocycles. The first kappa shape index (κ1) is 14.9. The van der Waals surface area contributed by atoms with E-state index in [9.17, 15) is 9.90 Å². The Bertz CT molecular complexity index is 608. The van der Waals surface area contributed by atoms with Crippen LogP contribution in [0.2, 0.25) is 0 Å². The first-order chi connectivity index (χ1) is 8.08. The van der Waals surface area contributed by atoms with E-state index < -0.39 is 0 Å². The van der Waals surface area contributed by atoms with Crippen molar-refractivity contribution in [2.75, 3.05) is 5.32 Å². The summed E-state index contributed by atoms with van der Waals surface area (Å²) in [6, 6.07) is 10.7. The molecule has 0 aliphatic heterocycles.